The minimum atomic E-state index is -0.621. The molecule has 0 atom stereocenters. The van der Waals surface area contributed by atoms with Crippen LogP contribution < -0.4 is 5.32 Å². The maximum atomic E-state index is 12.5. The Morgan fingerprint density at radius 3 is 2.65 bits per heavy atom. The summed E-state index contributed by atoms with van der Waals surface area (Å²) in [5.41, 5.74) is 1.42. The van der Waals surface area contributed by atoms with Gasteiger partial charge in [0.25, 0.3) is 5.91 Å². The Hall–Kier alpha value is -3.13. The Labute approximate surface area is 150 Å². The number of nitrogens with zero attached hydrogens (tertiary/aromatic N) is 1. The zero-order valence-electron chi connectivity index (χ0n) is 14.5. The SMILES string of the molecule is COC(=O)C=Cc1ccccc1NC1=C(C(=O)OC)CN(CCO)C1=O. The van der Waals surface area contributed by atoms with Gasteiger partial charge < -0.3 is 24.8 Å². The number of β-amino-alcohol motifs (C(OH)–C–C–N with tert-alkyl or cyclic N) is 1. The van der Waals surface area contributed by atoms with Crippen LogP contribution in [0.15, 0.2) is 41.6 Å². The van der Waals surface area contributed by atoms with E-state index in [0.29, 0.717) is 11.3 Å². The van der Waals surface area contributed by atoms with Crippen molar-refractivity contribution in [1.82, 2.24) is 4.90 Å². The van der Waals surface area contributed by atoms with Crippen molar-refractivity contribution in [2.24, 2.45) is 0 Å². The number of benzene rings is 1. The third-order valence-corrected chi connectivity index (χ3v) is 3.77. The predicted octanol–water partition coefficient (Wildman–Crippen LogP) is 0.546. The van der Waals surface area contributed by atoms with Gasteiger partial charge in [-0.1, -0.05) is 18.2 Å². The maximum Gasteiger partial charge on any atom is 0.337 e. The number of hydrogen-bond acceptors (Lipinski definition) is 7. The van der Waals surface area contributed by atoms with Gasteiger partial charge in [0, 0.05) is 18.3 Å². The summed E-state index contributed by atoms with van der Waals surface area (Å²) in [5, 5.41) is 12.0. The van der Waals surface area contributed by atoms with Crippen LogP contribution in [0.4, 0.5) is 5.69 Å². The fraction of sp³-hybridized carbons (Fsp3) is 0.278. The normalized spacial score (nSPS) is 14.1. The number of ether oxygens (including phenoxy) is 2. The molecule has 0 unspecified atom stereocenters. The molecule has 0 saturated carbocycles. The molecule has 1 aliphatic heterocycles. The van der Waals surface area contributed by atoms with Crippen molar-refractivity contribution in [2.45, 2.75) is 0 Å². The quantitative estimate of drug-likeness (QED) is 0.540. The lowest BCUT2D eigenvalue weighted by molar-refractivity contribution is -0.136. The van der Waals surface area contributed by atoms with Gasteiger partial charge in [-0.05, 0) is 17.7 Å². The molecule has 1 aromatic carbocycles. The molecule has 8 nitrogen and oxygen atoms in total. The summed E-state index contributed by atoms with van der Waals surface area (Å²) in [6.45, 7) is -0.0606. The molecule has 138 valence electrons. The number of hydrogen-bond donors (Lipinski definition) is 2. The van der Waals surface area contributed by atoms with Gasteiger partial charge in [0.15, 0.2) is 0 Å². The number of para-hydroxylation sites is 1. The first-order chi connectivity index (χ1) is 12.5. The van der Waals surface area contributed by atoms with Crippen LogP contribution in [-0.4, -0.2) is 61.8 Å². The lowest BCUT2D eigenvalue weighted by Gasteiger charge is -2.15. The zero-order chi connectivity index (χ0) is 19.1. The van der Waals surface area contributed by atoms with Crippen LogP contribution in [0.5, 0.6) is 0 Å². The Morgan fingerprint density at radius 1 is 1.27 bits per heavy atom. The number of methoxy groups -OCH3 is 2. The topological polar surface area (TPSA) is 105 Å². The molecule has 0 spiro atoms. The third-order valence-electron chi connectivity index (χ3n) is 3.77. The summed E-state index contributed by atoms with van der Waals surface area (Å²) in [5.74, 6) is -1.55. The maximum absolute atomic E-state index is 12.5. The highest BCUT2D eigenvalue weighted by molar-refractivity contribution is 6.08. The molecule has 0 saturated heterocycles. The van der Waals surface area contributed by atoms with E-state index in [0.717, 1.165) is 0 Å². The zero-order valence-corrected chi connectivity index (χ0v) is 14.5. The third kappa shape index (κ3) is 4.28. The molecule has 2 N–H and O–H groups in total. The minimum absolute atomic E-state index is 0.0502. The number of esters is 2. The summed E-state index contributed by atoms with van der Waals surface area (Å²) in [6, 6.07) is 6.97. The first kappa shape index (κ1) is 19.2. The molecule has 0 aromatic heterocycles. The number of rotatable bonds is 7. The van der Waals surface area contributed by atoms with Gasteiger partial charge in [0.1, 0.15) is 5.70 Å². The Kier molecular flexibility index (Phi) is 6.51. The molecule has 0 fully saturated rings. The van der Waals surface area contributed by atoms with Gasteiger partial charge in [-0.3, -0.25) is 4.79 Å². The smallest absolute Gasteiger partial charge is 0.337 e. The summed E-state index contributed by atoms with van der Waals surface area (Å²) in [7, 11) is 2.51. The molecular formula is C18H20N2O6. The number of amides is 1. The summed E-state index contributed by atoms with van der Waals surface area (Å²) >= 11 is 0. The fourth-order valence-corrected chi connectivity index (χ4v) is 2.47. The number of anilines is 1. The lowest BCUT2D eigenvalue weighted by Crippen LogP contribution is -2.31. The van der Waals surface area contributed by atoms with Crippen LogP contribution in [0, 0.1) is 0 Å². The first-order valence-electron chi connectivity index (χ1n) is 7.85. The van der Waals surface area contributed by atoms with E-state index in [-0.39, 0.29) is 31.0 Å². The molecule has 0 bridgehead atoms. The fourth-order valence-electron chi connectivity index (χ4n) is 2.47. The van der Waals surface area contributed by atoms with E-state index < -0.39 is 17.8 Å². The predicted molar refractivity (Wildman–Crippen MR) is 93.8 cm³/mol. The van der Waals surface area contributed by atoms with Crippen molar-refractivity contribution in [2.75, 3.05) is 39.2 Å². The van der Waals surface area contributed by atoms with Gasteiger partial charge in [-0.25, -0.2) is 9.59 Å². The number of carbonyl (C=O) groups excluding carboxylic acids is 3. The van der Waals surface area contributed by atoms with Crippen molar-refractivity contribution in [3.8, 4) is 0 Å². The van der Waals surface area contributed by atoms with Crippen LogP contribution in [0.3, 0.4) is 0 Å². The Bertz CT molecular complexity index is 769. The number of aliphatic hydroxyl groups excluding tert-OH is 1. The molecule has 0 aliphatic carbocycles. The Morgan fingerprint density at radius 2 is 2.00 bits per heavy atom. The average Bonchev–Trinajstić information content (AvgIpc) is 2.96. The highest BCUT2D eigenvalue weighted by Gasteiger charge is 2.34. The van der Waals surface area contributed by atoms with Crippen molar-refractivity contribution in [1.29, 1.82) is 0 Å². The van der Waals surface area contributed by atoms with Crippen molar-refractivity contribution in [3.63, 3.8) is 0 Å². The summed E-state index contributed by atoms with van der Waals surface area (Å²) < 4.78 is 9.31. The minimum Gasteiger partial charge on any atom is -0.466 e. The van der Waals surface area contributed by atoms with Gasteiger partial charge in [0.05, 0.1) is 32.9 Å². The van der Waals surface area contributed by atoms with Gasteiger partial charge in [-0.15, -0.1) is 0 Å². The second-order valence-corrected chi connectivity index (χ2v) is 5.36. The van der Waals surface area contributed by atoms with Crippen molar-refractivity contribution >= 4 is 29.6 Å². The lowest BCUT2D eigenvalue weighted by atomic mass is 10.1. The summed E-state index contributed by atoms with van der Waals surface area (Å²) in [4.78, 5) is 37.2. The van der Waals surface area contributed by atoms with Crippen LogP contribution in [-0.2, 0) is 23.9 Å². The molecule has 2 rings (SSSR count). The number of aliphatic hydroxyl groups is 1. The monoisotopic (exact) mass is 360 g/mol. The van der Waals surface area contributed by atoms with Gasteiger partial charge in [0.2, 0.25) is 0 Å². The van der Waals surface area contributed by atoms with Crippen molar-refractivity contribution < 1.29 is 29.0 Å². The van der Waals surface area contributed by atoms with E-state index in [9.17, 15) is 14.4 Å². The average molecular weight is 360 g/mol. The van der Waals surface area contributed by atoms with E-state index in [1.165, 1.54) is 31.3 Å². The molecule has 1 heterocycles. The standard InChI is InChI=1S/C18H20N2O6/c1-25-15(22)8-7-12-5-3-4-6-14(12)19-16-13(18(24)26-2)11-20(9-10-21)17(16)23/h3-8,19,21H,9-11H2,1-2H3. The molecule has 26 heavy (non-hydrogen) atoms. The Balaban J connectivity index is 2.35. The summed E-state index contributed by atoms with van der Waals surface area (Å²) in [6.07, 6.45) is 2.79. The van der Waals surface area contributed by atoms with Crippen LogP contribution in [0.2, 0.25) is 0 Å². The molecular weight excluding hydrogens is 340 g/mol. The van der Waals surface area contributed by atoms with E-state index in [1.54, 1.807) is 24.3 Å². The van der Waals surface area contributed by atoms with E-state index in [2.05, 4.69) is 10.1 Å². The number of nitrogens with one attached hydrogen (secondary N) is 1. The van der Waals surface area contributed by atoms with Gasteiger partial charge >= 0.3 is 11.9 Å². The van der Waals surface area contributed by atoms with Crippen molar-refractivity contribution in [3.05, 3.63) is 47.2 Å². The molecule has 1 aliphatic rings. The largest absolute Gasteiger partial charge is 0.466 e. The molecule has 8 heteroatoms. The second kappa shape index (κ2) is 8.82. The van der Waals surface area contributed by atoms with E-state index in [4.69, 9.17) is 9.84 Å². The van der Waals surface area contributed by atoms with Gasteiger partial charge in [-0.2, -0.15) is 0 Å². The van der Waals surface area contributed by atoms with Crippen LogP contribution in [0.25, 0.3) is 6.08 Å². The second-order valence-electron chi connectivity index (χ2n) is 5.36. The first-order valence-corrected chi connectivity index (χ1v) is 7.85. The number of carbonyl (C=O) groups is 3. The molecule has 1 aromatic rings. The highest BCUT2D eigenvalue weighted by Crippen LogP contribution is 2.25. The van der Waals surface area contributed by atoms with Crippen LogP contribution in [0.1, 0.15) is 5.56 Å². The highest BCUT2D eigenvalue weighted by atomic mass is 16.5. The van der Waals surface area contributed by atoms with E-state index in [1.807, 2.05) is 0 Å². The van der Waals surface area contributed by atoms with E-state index >= 15 is 0 Å². The molecule has 0 radical (unpaired) electrons. The van der Waals surface area contributed by atoms with Crippen LogP contribution >= 0.6 is 0 Å². The molecule has 1 amide bonds.